The number of piperidine rings is 1. The third-order valence-corrected chi connectivity index (χ3v) is 3.79. The molecule has 1 fully saturated rings. The summed E-state index contributed by atoms with van der Waals surface area (Å²) < 4.78 is 0. The zero-order chi connectivity index (χ0) is 13.1. The average molecular weight is 257 g/mol. The Morgan fingerprint density at radius 1 is 1.21 bits per heavy atom. The number of aromatic amines is 1. The van der Waals surface area contributed by atoms with Gasteiger partial charge in [-0.3, -0.25) is 4.79 Å². The number of para-hydroxylation sites is 1. The lowest BCUT2D eigenvalue weighted by Crippen LogP contribution is -2.31. The number of anilines is 1. The molecule has 19 heavy (non-hydrogen) atoms. The van der Waals surface area contributed by atoms with Crippen LogP contribution in [0.2, 0.25) is 0 Å². The van der Waals surface area contributed by atoms with Crippen LogP contribution in [0.4, 0.5) is 5.69 Å². The van der Waals surface area contributed by atoms with Crippen molar-refractivity contribution in [2.75, 3.05) is 25.0 Å². The minimum atomic E-state index is -0.0495. The number of H-pyrrole nitrogens is 1. The average Bonchev–Trinajstić information content (AvgIpc) is 2.45. The van der Waals surface area contributed by atoms with E-state index < -0.39 is 0 Å². The summed E-state index contributed by atoms with van der Waals surface area (Å²) in [5.74, 6) is 0.694. The smallest absolute Gasteiger partial charge is 0.250 e. The molecule has 3 N–H and O–H groups in total. The Bertz CT molecular complexity index is 614. The lowest BCUT2D eigenvalue weighted by atomic mass is 9.98. The van der Waals surface area contributed by atoms with E-state index >= 15 is 0 Å². The molecule has 2 heterocycles. The molecular formula is C15H19N3O. The molecule has 1 saturated heterocycles. The third kappa shape index (κ3) is 2.79. The van der Waals surface area contributed by atoms with Crippen LogP contribution in [0.1, 0.15) is 12.8 Å². The highest BCUT2D eigenvalue weighted by Gasteiger charge is 2.13. The molecule has 0 aliphatic carbocycles. The van der Waals surface area contributed by atoms with Gasteiger partial charge in [0.05, 0.1) is 5.52 Å². The molecule has 0 saturated carbocycles. The number of pyridine rings is 1. The van der Waals surface area contributed by atoms with Gasteiger partial charge in [0.2, 0.25) is 5.56 Å². The summed E-state index contributed by atoms with van der Waals surface area (Å²) in [6, 6.07) is 9.57. The van der Waals surface area contributed by atoms with Gasteiger partial charge in [-0.15, -0.1) is 0 Å². The van der Waals surface area contributed by atoms with Crippen molar-refractivity contribution >= 4 is 16.6 Å². The molecule has 1 aliphatic rings. The number of fused-ring (bicyclic) bond motifs is 1. The van der Waals surface area contributed by atoms with Crippen molar-refractivity contribution in [1.29, 1.82) is 0 Å². The zero-order valence-electron chi connectivity index (χ0n) is 10.9. The van der Waals surface area contributed by atoms with Crippen LogP contribution in [-0.2, 0) is 0 Å². The van der Waals surface area contributed by atoms with Gasteiger partial charge in [0.15, 0.2) is 0 Å². The summed E-state index contributed by atoms with van der Waals surface area (Å²) in [5, 5.41) is 7.90. The number of hydrogen-bond donors (Lipinski definition) is 3. The van der Waals surface area contributed by atoms with Crippen LogP contribution in [0.3, 0.4) is 0 Å². The summed E-state index contributed by atoms with van der Waals surface area (Å²) in [5.41, 5.74) is 1.78. The standard InChI is InChI=1S/C15H19N3O/c19-15-9-14(12-3-1-2-4-13(12)18-15)17-10-11-5-7-16-8-6-11/h1-4,9,11,16H,5-8,10H2,(H2,17,18,19). The highest BCUT2D eigenvalue weighted by molar-refractivity contribution is 5.90. The number of hydrogen-bond acceptors (Lipinski definition) is 3. The summed E-state index contributed by atoms with van der Waals surface area (Å²) in [6.07, 6.45) is 2.41. The lowest BCUT2D eigenvalue weighted by Gasteiger charge is -2.23. The Balaban J connectivity index is 1.81. The van der Waals surface area contributed by atoms with Gasteiger partial charge in [0.25, 0.3) is 0 Å². The van der Waals surface area contributed by atoms with Gasteiger partial charge in [0.1, 0.15) is 0 Å². The van der Waals surface area contributed by atoms with Crippen molar-refractivity contribution in [2.45, 2.75) is 12.8 Å². The molecule has 4 nitrogen and oxygen atoms in total. The Kier molecular flexibility index (Phi) is 3.51. The summed E-state index contributed by atoms with van der Waals surface area (Å²) >= 11 is 0. The largest absolute Gasteiger partial charge is 0.384 e. The van der Waals surface area contributed by atoms with Gasteiger partial charge in [0, 0.05) is 23.7 Å². The van der Waals surface area contributed by atoms with E-state index in [1.165, 1.54) is 12.8 Å². The maximum absolute atomic E-state index is 11.6. The van der Waals surface area contributed by atoms with E-state index in [4.69, 9.17) is 0 Å². The normalized spacial score (nSPS) is 16.6. The van der Waals surface area contributed by atoms with E-state index in [1.807, 2.05) is 24.3 Å². The molecule has 2 aromatic rings. The minimum Gasteiger partial charge on any atom is -0.384 e. The molecule has 0 spiro atoms. The van der Waals surface area contributed by atoms with Crippen LogP contribution in [0, 0.1) is 5.92 Å². The van der Waals surface area contributed by atoms with E-state index in [-0.39, 0.29) is 5.56 Å². The number of benzene rings is 1. The van der Waals surface area contributed by atoms with Crippen LogP contribution in [-0.4, -0.2) is 24.6 Å². The first-order valence-electron chi connectivity index (χ1n) is 6.89. The van der Waals surface area contributed by atoms with Gasteiger partial charge in [-0.25, -0.2) is 0 Å². The van der Waals surface area contributed by atoms with Crippen molar-refractivity contribution in [3.8, 4) is 0 Å². The molecular weight excluding hydrogens is 238 g/mol. The van der Waals surface area contributed by atoms with E-state index in [0.29, 0.717) is 5.92 Å². The summed E-state index contributed by atoms with van der Waals surface area (Å²) in [6.45, 7) is 3.14. The second-order valence-corrected chi connectivity index (χ2v) is 5.17. The second kappa shape index (κ2) is 5.45. The quantitative estimate of drug-likeness (QED) is 0.787. The molecule has 4 heteroatoms. The fourth-order valence-corrected chi connectivity index (χ4v) is 2.69. The third-order valence-electron chi connectivity index (χ3n) is 3.79. The fraction of sp³-hybridized carbons (Fsp3) is 0.400. The first-order valence-corrected chi connectivity index (χ1v) is 6.89. The van der Waals surface area contributed by atoms with E-state index in [2.05, 4.69) is 15.6 Å². The number of rotatable bonds is 3. The fourth-order valence-electron chi connectivity index (χ4n) is 2.69. The van der Waals surface area contributed by atoms with Crippen molar-refractivity contribution in [3.05, 3.63) is 40.7 Å². The predicted octanol–water partition coefficient (Wildman–Crippen LogP) is 1.94. The van der Waals surface area contributed by atoms with Crippen molar-refractivity contribution in [3.63, 3.8) is 0 Å². The molecule has 0 unspecified atom stereocenters. The van der Waals surface area contributed by atoms with Crippen LogP contribution in [0.15, 0.2) is 35.1 Å². The molecule has 0 amide bonds. The van der Waals surface area contributed by atoms with Crippen molar-refractivity contribution in [2.24, 2.45) is 5.92 Å². The summed E-state index contributed by atoms with van der Waals surface area (Å²) in [7, 11) is 0. The molecule has 1 aromatic heterocycles. The predicted molar refractivity (Wildman–Crippen MR) is 78.7 cm³/mol. The van der Waals surface area contributed by atoms with Crippen molar-refractivity contribution < 1.29 is 0 Å². The summed E-state index contributed by atoms with van der Waals surface area (Å²) in [4.78, 5) is 14.5. The topological polar surface area (TPSA) is 56.9 Å². The van der Waals surface area contributed by atoms with Gasteiger partial charge in [-0.1, -0.05) is 18.2 Å². The van der Waals surface area contributed by atoms with Crippen LogP contribution >= 0.6 is 0 Å². The molecule has 3 rings (SSSR count). The van der Waals surface area contributed by atoms with Gasteiger partial charge >= 0.3 is 0 Å². The Morgan fingerprint density at radius 2 is 2.00 bits per heavy atom. The van der Waals surface area contributed by atoms with Crippen LogP contribution < -0.4 is 16.2 Å². The Hall–Kier alpha value is -1.81. The Morgan fingerprint density at radius 3 is 2.84 bits per heavy atom. The number of nitrogens with one attached hydrogen (secondary N) is 3. The SMILES string of the molecule is O=c1cc(NCC2CCNCC2)c2ccccc2[nH]1. The van der Waals surface area contributed by atoms with Crippen LogP contribution in [0.5, 0.6) is 0 Å². The van der Waals surface area contributed by atoms with Gasteiger partial charge in [-0.05, 0) is 37.9 Å². The maximum Gasteiger partial charge on any atom is 0.250 e. The molecule has 0 atom stereocenters. The van der Waals surface area contributed by atoms with E-state index in [1.54, 1.807) is 6.07 Å². The highest BCUT2D eigenvalue weighted by atomic mass is 16.1. The molecule has 0 radical (unpaired) electrons. The molecule has 1 aromatic carbocycles. The van der Waals surface area contributed by atoms with Crippen molar-refractivity contribution in [1.82, 2.24) is 10.3 Å². The molecule has 100 valence electrons. The van der Waals surface area contributed by atoms with Gasteiger partial charge in [-0.2, -0.15) is 0 Å². The maximum atomic E-state index is 11.6. The van der Waals surface area contributed by atoms with E-state index in [0.717, 1.165) is 36.2 Å². The van der Waals surface area contributed by atoms with Crippen LogP contribution in [0.25, 0.3) is 10.9 Å². The first kappa shape index (κ1) is 12.2. The zero-order valence-corrected chi connectivity index (χ0v) is 10.9. The molecule has 1 aliphatic heterocycles. The van der Waals surface area contributed by atoms with E-state index in [9.17, 15) is 4.79 Å². The van der Waals surface area contributed by atoms with Gasteiger partial charge < -0.3 is 15.6 Å². The number of aromatic nitrogens is 1. The molecule has 0 bridgehead atoms. The second-order valence-electron chi connectivity index (χ2n) is 5.17. The lowest BCUT2D eigenvalue weighted by molar-refractivity contribution is 0.390. The monoisotopic (exact) mass is 257 g/mol. The Labute approximate surface area is 112 Å². The minimum absolute atomic E-state index is 0.0495. The highest BCUT2D eigenvalue weighted by Crippen LogP contribution is 2.20. The first-order chi connectivity index (χ1) is 9.33.